The first-order valence-corrected chi connectivity index (χ1v) is 15.7. The minimum Gasteiger partial charge on any atom is -0.455 e. The fourth-order valence-corrected chi connectivity index (χ4v) is 6.43. The Hall–Kier alpha value is -6.39. The Labute approximate surface area is 271 Å². The second-order valence-electron chi connectivity index (χ2n) is 11.6. The molecule has 0 fully saturated rings. The topological polar surface area (TPSA) is 51.8 Å². The normalized spacial score (nSPS) is 11.4. The fourth-order valence-electron chi connectivity index (χ4n) is 6.43. The molecule has 4 nitrogen and oxygen atoms in total. The Kier molecular flexibility index (Phi) is 6.43. The van der Waals surface area contributed by atoms with Crippen molar-refractivity contribution in [2.75, 3.05) is 0 Å². The molecule has 0 unspecified atom stereocenters. The maximum absolute atomic E-state index is 6.40. The Morgan fingerprint density at radius 1 is 0.319 bits per heavy atom. The van der Waals surface area contributed by atoms with Crippen molar-refractivity contribution in [3.63, 3.8) is 0 Å². The highest BCUT2D eigenvalue weighted by atomic mass is 16.3. The summed E-state index contributed by atoms with van der Waals surface area (Å²) in [5.41, 5.74) is 8.98. The molecule has 0 atom stereocenters. The van der Waals surface area contributed by atoms with Crippen molar-refractivity contribution >= 4 is 32.7 Å². The first kappa shape index (κ1) is 27.0. The van der Waals surface area contributed by atoms with E-state index in [-0.39, 0.29) is 0 Å². The van der Waals surface area contributed by atoms with Gasteiger partial charge < -0.3 is 4.42 Å². The van der Waals surface area contributed by atoms with Crippen LogP contribution in [0.5, 0.6) is 0 Å². The molecular formula is C43H27N3O. The molecule has 0 saturated heterocycles. The van der Waals surface area contributed by atoms with Crippen molar-refractivity contribution in [2.45, 2.75) is 0 Å². The van der Waals surface area contributed by atoms with Crippen LogP contribution in [0.25, 0.3) is 89.1 Å². The van der Waals surface area contributed by atoms with Gasteiger partial charge >= 0.3 is 0 Å². The number of rotatable bonds is 5. The molecule has 0 amide bonds. The molecule has 0 radical (unpaired) electrons. The number of nitrogens with zero attached hydrogens (tertiary/aromatic N) is 3. The predicted molar refractivity (Wildman–Crippen MR) is 192 cm³/mol. The van der Waals surface area contributed by atoms with Gasteiger partial charge in [0.05, 0.1) is 0 Å². The lowest BCUT2D eigenvalue weighted by atomic mass is 9.95. The van der Waals surface area contributed by atoms with Crippen molar-refractivity contribution in [1.29, 1.82) is 0 Å². The Morgan fingerprint density at radius 3 is 1.49 bits per heavy atom. The minimum atomic E-state index is 0.612. The first-order valence-electron chi connectivity index (χ1n) is 15.7. The van der Waals surface area contributed by atoms with Crippen LogP contribution >= 0.6 is 0 Å². The number of hydrogen-bond acceptors (Lipinski definition) is 4. The number of hydrogen-bond donors (Lipinski definition) is 0. The van der Waals surface area contributed by atoms with Gasteiger partial charge in [0.2, 0.25) is 0 Å². The Balaban J connectivity index is 1.29. The zero-order chi connectivity index (χ0) is 31.2. The fraction of sp³-hybridized carbons (Fsp3) is 0. The van der Waals surface area contributed by atoms with Crippen LogP contribution in [0.2, 0.25) is 0 Å². The molecule has 0 aliphatic carbocycles. The molecule has 0 N–H and O–H groups in total. The van der Waals surface area contributed by atoms with Gasteiger partial charge in [0.15, 0.2) is 17.5 Å². The third-order valence-corrected chi connectivity index (χ3v) is 8.72. The third kappa shape index (κ3) is 4.84. The van der Waals surface area contributed by atoms with Gasteiger partial charge in [0, 0.05) is 32.8 Å². The molecule has 4 heteroatoms. The van der Waals surface area contributed by atoms with Crippen LogP contribution in [0.3, 0.4) is 0 Å². The van der Waals surface area contributed by atoms with Crippen LogP contribution in [0.15, 0.2) is 168 Å². The number of aromatic nitrogens is 3. The Morgan fingerprint density at radius 2 is 0.809 bits per heavy atom. The van der Waals surface area contributed by atoms with Gasteiger partial charge in [-0.1, -0.05) is 133 Å². The molecular weight excluding hydrogens is 574 g/mol. The average molecular weight is 602 g/mol. The summed E-state index contributed by atoms with van der Waals surface area (Å²) in [6.07, 6.45) is 0. The van der Waals surface area contributed by atoms with E-state index >= 15 is 0 Å². The summed E-state index contributed by atoms with van der Waals surface area (Å²) < 4.78 is 6.40. The van der Waals surface area contributed by atoms with E-state index in [1.807, 2.05) is 60.7 Å². The van der Waals surface area contributed by atoms with Crippen molar-refractivity contribution in [3.8, 4) is 56.4 Å². The monoisotopic (exact) mass is 601 g/mol. The summed E-state index contributed by atoms with van der Waals surface area (Å²) in [5.74, 6) is 1.85. The minimum absolute atomic E-state index is 0.612. The van der Waals surface area contributed by atoms with Crippen LogP contribution in [0, 0.1) is 0 Å². The third-order valence-electron chi connectivity index (χ3n) is 8.72. The lowest BCUT2D eigenvalue weighted by molar-refractivity contribution is 0.672. The largest absolute Gasteiger partial charge is 0.455 e. The van der Waals surface area contributed by atoms with E-state index in [2.05, 4.69) is 103 Å². The standard InChI is InChI=1S/C43H27N3O/c1-4-13-28(14-5-1)31-25-32(29-15-6-2-7-16-29)27-33(26-31)42-44-41(30-17-8-3-9-18-30)45-43(46-42)38-21-12-20-36-34(38)23-24-37-35-19-10-11-22-39(35)47-40(36)37/h1-27H. The van der Waals surface area contributed by atoms with Gasteiger partial charge in [0.1, 0.15) is 11.2 Å². The van der Waals surface area contributed by atoms with Crippen LogP contribution < -0.4 is 0 Å². The molecule has 0 aliphatic heterocycles. The molecule has 2 aromatic heterocycles. The highest BCUT2D eigenvalue weighted by molar-refractivity contribution is 6.17. The van der Waals surface area contributed by atoms with Crippen LogP contribution in [-0.2, 0) is 0 Å². The summed E-state index contributed by atoms with van der Waals surface area (Å²) in [6, 6.07) is 56.3. The molecule has 220 valence electrons. The second-order valence-corrected chi connectivity index (χ2v) is 11.6. The van der Waals surface area contributed by atoms with Gasteiger partial charge in [-0.15, -0.1) is 0 Å². The number of benzene rings is 7. The van der Waals surface area contributed by atoms with Crippen molar-refractivity contribution in [3.05, 3.63) is 164 Å². The number of fused-ring (bicyclic) bond motifs is 5. The van der Waals surface area contributed by atoms with Gasteiger partial charge in [-0.3, -0.25) is 0 Å². The summed E-state index contributed by atoms with van der Waals surface area (Å²) in [7, 11) is 0. The quantitative estimate of drug-likeness (QED) is 0.197. The molecule has 9 rings (SSSR count). The average Bonchev–Trinajstić information content (AvgIpc) is 3.55. The first-order chi connectivity index (χ1) is 23.3. The van der Waals surface area contributed by atoms with Gasteiger partial charge in [0.25, 0.3) is 0 Å². The van der Waals surface area contributed by atoms with E-state index in [9.17, 15) is 0 Å². The zero-order valence-corrected chi connectivity index (χ0v) is 25.3. The summed E-state index contributed by atoms with van der Waals surface area (Å²) in [5, 5.41) is 4.25. The molecule has 0 bridgehead atoms. The SMILES string of the molecule is c1ccc(-c2cc(-c3ccccc3)cc(-c3nc(-c4ccccc4)nc(-c4cccc5c4ccc4c6ccccc6oc54)n3)c2)cc1. The summed E-state index contributed by atoms with van der Waals surface area (Å²) >= 11 is 0. The second kappa shape index (κ2) is 11.2. The molecule has 0 aliphatic rings. The maximum Gasteiger partial charge on any atom is 0.164 e. The lowest BCUT2D eigenvalue weighted by Gasteiger charge is -2.13. The smallest absolute Gasteiger partial charge is 0.164 e. The van der Waals surface area contributed by atoms with Gasteiger partial charge in [-0.05, 0) is 58.0 Å². The number of furan rings is 1. The molecule has 0 saturated carbocycles. The van der Waals surface area contributed by atoms with Crippen LogP contribution in [-0.4, -0.2) is 15.0 Å². The van der Waals surface area contributed by atoms with E-state index in [1.54, 1.807) is 0 Å². The van der Waals surface area contributed by atoms with Crippen molar-refractivity contribution < 1.29 is 4.42 Å². The van der Waals surface area contributed by atoms with Gasteiger partial charge in [-0.25, -0.2) is 15.0 Å². The van der Waals surface area contributed by atoms with Gasteiger partial charge in [-0.2, -0.15) is 0 Å². The Bertz CT molecular complexity index is 2500. The lowest BCUT2D eigenvalue weighted by Crippen LogP contribution is -2.01. The maximum atomic E-state index is 6.40. The molecule has 7 aromatic carbocycles. The zero-order valence-electron chi connectivity index (χ0n) is 25.3. The molecule has 9 aromatic rings. The van der Waals surface area contributed by atoms with Crippen molar-refractivity contribution in [1.82, 2.24) is 15.0 Å². The van der Waals surface area contributed by atoms with Crippen molar-refractivity contribution in [2.24, 2.45) is 0 Å². The van der Waals surface area contributed by atoms with E-state index < -0.39 is 0 Å². The van der Waals surface area contributed by atoms with E-state index in [0.717, 1.165) is 71.7 Å². The van der Waals surface area contributed by atoms with Crippen LogP contribution in [0.1, 0.15) is 0 Å². The summed E-state index contributed by atoms with van der Waals surface area (Å²) in [4.78, 5) is 15.4. The predicted octanol–water partition coefficient (Wildman–Crippen LogP) is 11.3. The highest BCUT2D eigenvalue weighted by Gasteiger charge is 2.18. The molecule has 0 spiro atoms. The van der Waals surface area contributed by atoms with E-state index in [0.29, 0.717) is 17.5 Å². The van der Waals surface area contributed by atoms with E-state index in [4.69, 9.17) is 19.4 Å². The summed E-state index contributed by atoms with van der Waals surface area (Å²) in [6.45, 7) is 0. The highest BCUT2D eigenvalue weighted by Crippen LogP contribution is 2.38. The van der Waals surface area contributed by atoms with E-state index in [1.165, 1.54) is 0 Å². The number of para-hydroxylation sites is 1. The molecule has 2 heterocycles. The molecule has 47 heavy (non-hydrogen) atoms. The van der Waals surface area contributed by atoms with Crippen LogP contribution in [0.4, 0.5) is 0 Å².